The molecule has 13 heavy (non-hydrogen) atoms. The predicted molar refractivity (Wildman–Crippen MR) is 53.2 cm³/mol. The number of para-hydroxylation sites is 1. The number of nitrogens with zero attached hydrogens (tertiary/aromatic N) is 1. The van der Waals surface area contributed by atoms with Gasteiger partial charge in [-0.3, -0.25) is 4.79 Å². The van der Waals surface area contributed by atoms with E-state index >= 15 is 0 Å². The van der Waals surface area contributed by atoms with Gasteiger partial charge in [0, 0.05) is 17.2 Å². The Labute approximate surface area is 80.9 Å². The molecular formula is C10H9NOS. The zero-order valence-electron chi connectivity index (χ0n) is 7.12. The van der Waals surface area contributed by atoms with Crippen LogP contribution in [0, 0.1) is 0 Å². The maximum Gasteiger partial charge on any atom is 0.231 e. The molecule has 3 heteroatoms. The topological polar surface area (TPSA) is 20.3 Å². The Balaban J connectivity index is 2.25. The first kappa shape index (κ1) is 7.44. The van der Waals surface area contributed by atoms with Gasteiger partial charge in [0.15, 0.2) is 0 Å². The lowest BCUT2D eigenvalue weighted by Gasteiger charge is -2.24. The van der Waals surface area contributed by atoms with Gasteiger partial charge in [-0.1, -0.05) is 12.1 Å². The Morgan fingerprint density at radius 1 is 1.38 bits per heavy atom. The smallest absolute Gasteiger partial charge is 0.231 e. The second-order valence-electron chi connectivity index (χ2n) is 3.33. The molecule has 2 nitrogen and oxygen atoms in total. The minimum absolute atomic E-state index is 0.266. The van der Waals surface area contributed by atoms with E-state index in [2.05, 4.69) is 12.1 Å². The molecule has 1 aromatic carbocycles. The third-order valence-corrected chi connectivity index (χ3v) is 3.59. The van der Waals surface area contributed by atoms with Crippen molar-refractivity contribution in [3.63, 3.8) is 0 Å². The van der Waals surface area contributed by atoms with Crippen molar-refractivity contribution in [3.8, 4) is 0 Å². The summed E-state index contributed by atoms with van der Waals surface area (Å²) in [5, 5.41) is 0. The van der Waals surface area contributed by atoms with E-state index in [-0.39, 0.29) is 5.91 Å². The van der Waals surface area contributed by atoms with Crippen molar-refractivity contribution in [3.05, 3.63) is 23.8 Å². The fraction of sp³-hybridized carbons (Fsp3) is 0.300. The molecule has 0 saturated carbocycles. The highest BCUT2D eigenvalue weighted by Gasteiger charge is 2.31. The summed E-state index contributed by atoms with van der Waals surface area (Å²) in [7, 11) is 0. The molecule has 0 N–H and O–H groups in total. The van der Waals surface area contributed by atoms with Crippen LogP contribution in [0.4, 0.5) is 5.69 Å². The molecule has 0 aliphatic carbocycles. The molecule has 2 aliphatic rings. The van der Waals surface area contributed by atoms with E-state index in [0.717, 1.165) is 12.3 Å². The summed E-state index contributed by atoms with van der Waals surface area (Å²) < 4.78 is 0. The Hall–Kier alpha value is -0.960. The van der Waals surface area contributed by atoms with Crippen LogP contribution in [-0.2, 0) is 11.2 Å². The van der Waals surface area contributed by atoms with Crippen LogP contribution in [0.1, 0.15) is 5.56 Å². The SMILES string of the molecule is O=C1Cc2cccc3c2N1CCS3. The summed E-state index contributed by atoms with van der Waals surface area (Å²) in [6.45, 7) is 0.882. The van der Waals surface area contributed by atoms with Crippen LogP contribution in [0.2, 0.25) is 0 Å². The van der Waals surface area contributed by atoms with Crippen molar-refractivity contribution < 1.29 is 4.79 Å². The first-order valence-corrected chi connectivity index (χ1v) is 5.40. The Kier molecular flexibility index (Phi) is 1.44. The number of carbonyl (C=O) groups is 1. The highest BCUT2D eigenvalue weighted by molar-refractivity contribution is 7.99. The second kappa shape index (κ2) is 2.51. The van der Waals surface area contributed by atoms with Crippen LogP contribution < -0.4 is 4.90 Å². The normalized spacial score (nSPS) is 19.1. The van der Waals surface area contributed by atoms with Crippen molar-refractivity contribution >= 4 is 23.4 Å². The molecule has 0 atom stereocenters. The molecule has 66 valence electrons. The maximum absolute atomic E-state index is 11.6. The van der Waals surface area contributed by atoms with Gasteiger partial charge in [-0.15, -0.1) is 11.8 Å². The molecule has 0 saturated heterocycles. The van der Waals surface area contributed by atoms with Gasteiger partial charge < -0.3 is 4.90 Å². The van der Waals surface area contributed by atoms with E-state index in [4.69, 9.17) is 0 Å². The van der Waals surface area contributed by atoms with Crippen molar-refractivity contribution in [1.82, 2.24) is 0 Å². The number of benzene rings is 1. The van der Waals surface area contributed by atoms with Gasteiger partial charge in [-0.25, -0.2) is 0 Å². The third kappa shape index (κ3) is 0.936. The lowest BCUT2D eigenvalue weighted by Crippen LogP contribution is -2.31. The van der Waals surface area contributed by atoms with Crippen LogP contribution >= 0.6 is 11.8 Å². The highest BCUT2D eigenvalue weighted by Crippen LogP contribution is 2.41. The van der Waals surface area contributed by atoms with Crippen molar-refractivity contribution in [1.29, 1.82) is 0 Å². The predicted octanol–water partition coefficient (Wildman–Crippen LogP) is 1.68. The van der Waals surface area contributed by atoms with E-state index in [1.165, 1.54) is 16.1 Å². The minimum Gasteiger partial charge on any atom is -0.310 e. The van der Waals surface area contributed by atoms with Crippen LogP contribution in [0.25, 0.3) is 0 Å². The summed E-state index contributed by atoms with van der Waals surface area (Å²) in [6, 6.07) is 6.21. The molecule has 0 aromatic heterocycles. The molecule has 2 heterocycles. The van der Waals surface area contributed by atoms with Crippen molar-refractivity contribution in [2.24, 2.45) is 0 Å². The standard InChI is InChI=1S/C10H9NOS/c12-9-6-7-2-1-3-8-10(7)11(9)4-5-13-8/h1-3H,4-6H2. The summed E-state index contributed by atoms with van der Waals surface area (Å²) in [5.74, 6) is 1.30. The van der Waals surface area contributed by atoms with E-state index in [1.807, 2.05) is 22.7 Å². The van der Waals surface area contributed by atoms with Gasteiger partial charge >= 0.3 is 0 Å². The molecule has 1 aromatic rings. The van der Waals surface area contributed by atoms with E-state index < -0.39 is 0 Å². The molecule has 1 amide bonds. The summed E-state index contributed by atoms with van der Waals surface area (Å²) in [4.78, 5) is 14.8. The molecule has 3 rings (SSSR count). The van der Waals surface area contributed by atoms with Gasteiger partial charge in [-0.2, -0.15) is 0 Å². The highest BCUT2D eigenvalue weighted by atomic mass is 32.2. The first-order chi connectivity index (χ1) is 6.36. The summed E-state index contributed by atoms with van der Waals surface area (Å²) in [5.41, 5.74) is 2.39. The lowest BCUT2D eigenvalue weighted by molar-refractivity contribution is -0.117. The minimum atomic E-state index is 0.266. The van der Waals surface area contributed by atoms with E-state index in [9.17, 15) is 4.79 Å². The van der Waals surface area contributed by atoms with Crippen LogP contribution in [0.5, 0.6) is 0 Å². The molecule has 0 radical (unpaired) electrons. The second-order valence-corrected chi connectivity index (χ2v) is 4.47. The molecule has 2 aliphatic heterocycles. The Bertz CT molecular complexity index is 389. The average Bonchev–Trinajstić information content (AvgIpc) is 2.47. The average molecular weight is 191 g/mol. The fourth-order valence-corrected chi connectivity index (χ4v) is 3.05. The zero-order valence-corrected chi connectivity index (χ0v) is 7.93. The number of carbonyl (C=O) groups excluding carboxylic acids is 1. The van der Waals surface area contributed by atoms with Gasteiger partial charge in [0.05, 0.1) is 12.1 Å². The van der Waals surface area contributed by atoms with Crippen molar-refractivity contribution in [2.45, 2.75) is 11.3 Å². The van der Waals surface area contributed by atoms with Crippen LogP contribution in [-0.4, -0.2) is 18.2 Å². The molecule has 0 spiro atoms. The number of hydrogen-bond donors (Lipinski definition) is 0. The van der Waals surface area contributed by atoms with E-state index in [1.54, 1.807) is 0 Å². The third-order valence-electron chi connectivity index (χ3n) is 2.57. The summed E-state index contributed by atoms with van der Waals surface area (Å²) in [6.07, 6.45) is 0.601. The fourth-order valence-electron chi connectivity index (χ4n) is 2.00. The largest absolute Gasteiger partial charge is 0.310 e. The molecular weight excluding hydrogens is 182 g/mol. The van der Waals surface area contributed by atoms with Gasteiger partial charge in [0.1, 0.15) is 0 Å². The lowest BCUT2D eigenvalue weighted by atomic mass is 10.2. The maximum atomic E-state index is 11.6. The van der Waals surface area contributed by atoms with E-state index in [0.29, 0.717) is 6.42 Å². The van der Waals surface area contributed by atoms with Crippen LogP contribution in [0.15, 0.2) is 23.1 Å². The molecule has 0 bridgehead atoms. The molecule has 0 fully saturated rings. The van der Waals surface area contributed by atoms with Gasteiger partial charge in [-0.05, 0) is 11.6 Å². The number of thioether (sulfide) groups is 1. The Morgan fingerprint density at radius 3 is 3.23 bits per heavy atom. The number of amides is 1. The number of anilines is 1. The Morgan fingerprint density at radius 2 is 2.31 bits per heavy atom. The van der Waals surface area contributed by atoms with Gasteiger partial charge in [0.25, 0.3) is 0 Å². The van der Waals surface area contributed by atoms with Crippen molar-refractivity contribution in [2.75, 3.05) is 17.2 Å². The monoisotopic (exact) mass is 191 g/mol. The molecule has 0 unspecified atom stereocenters. The summed E-state index contributed by atoms with van der Waals surface area (Å²) >= 11 is 1.85. The zero-order chi connectivity index (χ0) is 8.84. The number of hydrogen-bond acceptors (Lipinski definition) is 2. The van der Waals surface area contributed by atoms with Gasteiger partial charge in [0.2, 0.25) is 5.91 Å². The first-order valence-electron chi connectivity index (χ1n) is 4.41. The number of rotatable bonds is 0. The quantitative estimate of drug-likeness (QED) is 0.622. The van der Waals surface area contributed by atoms with Crippen LogP contribution in [0.3, 0.4) is 0 Å².